The summed E-state index contributed by atoms with van der Waals surface area (Å²) in [6.07, 6.45) is 0.304. The minimum Gasteiger partial charge on any atom is -0.449 e. The monoisotopic (exact) mass is 218 g/mol. The number of ether oxygens (including phenoxy) is 2. The van der Waals surface area contributed by atoms with Gasteiger partial charge in [-0.05, 0) is 12.3 Å². The SMILES string of the molecule is COCC(N)CCNC(=O)OCC(C)C. The van der Waals surface area contributed by atoms with Gasteiger partial charge >= 0.3 is 6.09 Å². The molecule has 0 spiro atoms. The van der Waals surface area contributed by atoms with Gasteiger partial charge in [0.2, 0.25) is 0 Å². The number of carbonyl (C=O) groups is 1. The fourth-order valence-electron chi connectivity index (χ4n) is 0.950. The van der Waals surface area contributed by atoms with Crippen LogP contribution in [0.25, 0.3) is 0 Å². The first-order valence-corrected chi connectivity index (χ1v) is 5.21. The van der Waals surface area contributed by atoms with Crippen LogP contribution in [0.3, 0.4) is 0 Å². The van der Waals surface area contributed by atoms with Crippen molar-refractivity contribution in [3.63, 3.8) is 0 Å². The lowest BCUT2D eigenvalue weighted by atomic mass is 10.2. The minimum absolute atomic E-state index is 0.0413. The summed E-state index contributed by atoms with van der Waals surface area (Å²) in [5, 5.41) is 2.63. The van der Waals surface area contributed by atoms with Crippen molar-refractivity contribution in [3.05, 3.63) is 0 Å². The molecule has 1 unspecified atom stereocenters. The first kappa shape index (κ1) is 14.2. The third-order valence-electron chi connectivity index (χ3n) is 1.71. The van der Waals surface area contributed by atoms with E-state index in [9.17, 15) is 4.79 Å². The molecule has 1 atom stereocenters. The number of methoxy groups -OCH3 is 1. The van der Waals surface area contributed by atoms with E-state index in [-0.39, 0.29) is 12.1 Å². The van der Waals surface area contributed by atoms with Crippen LogP contribution in [-0.2, 0) is 9.47 Å². The zero-order valence-electron chi connectivity index (χ0n) is 9.79. The molecule has 15 heavy (non-hydrogen) atoms. The van der Waals surface area contributed by atoms with E-state index in [2.05, 4.69) is 5.32 Å². The quantitative estimate of drug-likeness (QED) is 0.660. The number of rotatable bonds is 7. The standard InChI is InChI=1S/C10H22N2O3/c1-8(2)6-15-10(13)12-5-4-9(11)7-14-3/h8-9H,4-7,11H2,1-3H3,(H,12,13). The highest BCUT2D eigenvalue weighted by molar-refractivity contribution is 5.66. The van der Waals surface area contributed by atoms with Gasteiger partial charge in [-0.25, -0.2) is 4.79 Å². The molecule has 5 heteroatoms. The van der Waals surface area contributed by atoms with Crippen LogP contribution < -0.4 is 11.1 Å². The first-order valence-electron chi connectivity index (χ1n) is 5.21. The molecule has 0 aromatic heterocycles. The Balaban J connectivity index is 3.38. The van der Waals surface area contributed by atoms with Crippen LogP contribution in [0.2, 0.25) is 0 Å². The van der Waals surface area contributed by atoms with Crippen LogP contribution in [-0.4, -0.2) is 39.0 Å². The number of nitrogens with one attached hydrogen (secondary N) is 1. The first-order chi connectivity index (χ1) is 7.06. The number of alkyl carbamates (subject to hydrolysis) is 1. The lowest BCUT2D eigenvalue weighted by Crippen LogP contribution is -2.33. The predicted octanol–water partition coefficient (Wildman–Crippen LogP) is 0.732. The smallest absolute Gasteiger partial charge is 0.407 e. The molecule has 90 valence electrons. The van der Waals surface area contributed by atoms with Gasteiger partial charge in [-0.3, -0.25) is 0 Å². The number of nitrogens with two attached hydrogens (primary N) is 1. The van der Waals surface area contributed by atoms with Gasteiger partial charge in [-0.2, -0.15) is 0 Å². The van der Waals surface area contributed by atoms with E-state index >= 15 is 0 Å². The molecule has 0 aliphatic carbocycles. The Morgan fingerprint density at radius 3 is 2.60 bits per heavy atom. The van der Waals surface area contributed by atoms with Crippen molar-refractivity contribution in [3.8, 4) is 0 Å². The van der Waals surface area contributed by atoms with E-state index in [0.717, 1.165) is 0 Å². The van der Waals surface area contributed by atoms with Crippen LogP contribution >= 0.6 is 0 Å². The van der Waals surface area contributed by atoms with E-state index < -0.39 is 0 Å². The largest absolute Gasteiger partial charge is 0.449 e. The highest BCUT2D eigenvalue weighted by Crippen LogP contribution is 1.93. The highest BCUT2D eigenvalue weighted by Gasteiger charge is 2.05. The maximum atomic E-state index is 11.1. The van der Waals surface area contributed by atoms with Crippen LogP contribution in [0.1, 0.15) is 20.3 Å². The molecule has 1 amide bonds. The van der Waals surface area contributed by atoms with Gasteiger partial charge in [0, 0.05) is 19.7 Å². The molecular weight excluding hydrogens is 196 g/mol. The lowest BCUT2D eigenvalue weighted by Gasteiger charge is -2.11. The van der Waals surface area contributed by atoms with Gasteiger partial charge in [0.15, 0.2) is 0 Å². The number of hydrogen-bond donors (Lipinski definition) is 2. The summed E-state index contributed by atoms with van der Waals surface area (Å²) in [4.78, 5) is 11.1. The summed E-state index contributed by atoms with van der Waals surface area (Å²) < 4.78 is 9.79. The van der Waals surface area contributed by atoms with Crippen molar-refractivity contribution in [2.75, 3.05) is 26.9 Å². The molecule has 0 radical (unpaired) electrons. The predicted molar refractivity (Wildman–Crippen MR) is 58.7 cm³/mol. The summed E-state index contributed by atoms with van der Waals surface area (Å²) >= 11 is 0. The molecule has 0 saturated carbocycles. The van der Waals surface area contributed by atoms with Crippen LogP contribution in [0.15, 0.2) is 0 Å². The van der Waals surface area contributed by atoms with Gasteiger partial charge in [-0.15, -0.1) is 0 Å². The molecule has 0 rings (SSSR count). The average molecular weight is 218 g/mol. The van der Waals surface area contributed by atoms with Crippen molar-refractivity contribution in [1.82, 2.24) is 5.32 Å². The van der Waals surface area contributed by atoms with Crippen molar-refractivity contribution >= 4 is 6.09 Å². The maximum Gasteiger partial charge on any atom is 0.407 e. The van der Waals surface area contributed by atoms with Gasteiger partial charge in [0.05, 0.1) is 13.2 Å². The molecule has 0 aromatic rings. The van der Waals surface area contributed by atoms with Crippen molar-refractivity contribution in [1.29, 1.82) is 0 Å². The summed E-state index contributed by atoms with van der Waals surface area (Å²) in [5.74, 6) is 0.353. The summed E-state index contributed by atoms with van der Waals surface area (Å²) in [5.41, 5.74) is 5.68. The summed E-state index contributed by atoms with van der Waals surface area (Å²) in [6.45, 7) is 5.43. The minimum atomic E-state index is -0.381. The van der Waals surface area contributed by atoms with Crippen LogP contribution in [0, 0.1) is 5.92 Å². The lowest BCUT2D eigenvalue weighted by molar-refractivity contribution is 0.131. The maximum absolute atomic E-state index is 11.1. The molecular formula is C10H22N2O3. The van der Waals surface area contributed by atoms with Crippen molar-refractivity contribution < 1.29 is 14.3 Å². The van der Waals surface area contributed by atoms with Crippen LogP contribution in [0.5, 0.6) is 0 Å². The Hall–Kier alpha value is -0.810. The Bertz CT molecular complexity index is 174. The second-order valence-corrected chi connectivity index (χ2v) is 3.92. The molecule has 0 fully saturated rings. The second-order valence-electron chi connectivity index (χ2n) is 3.92. The Labute approximate surface area is 91.3 Å². The molecule has 0 saturated heterocycles. The molecule has 0 aliphatic rings. The molecule has 5 nitrogen and oxygen atoms in total. The number of hydrogen-bond acceptors (Lipinski definition) is 4. The number of amides is 1. The normalized spacial score (nSPS) is 12.6. The van der Waals surface area contributed by atoms with Crippen molar-refractivity contribution in [2.45, 2.75) is 26.3 Å². The zero-order valence-corrected chi connectivity index (χ0v) is 9.79. The fourth-order valence-corrected chi connectivity index (χ4v) is 0.950. The molecule has 3 N–H and O–H groups in total. The van der Waals surface area contributed by atoms with Crippen molar-refractivity contribution in [2.24, 2.45) is 11.7 Å². The van der Waals surface area contributed by atoms with E-state index in [1.54, 1.807) is 7.11 Å². The Morgan fingerprint density at radius 1 is 1.40 bits per heavy atom. The molecule has 0 aromatic carbocycles. The Kier molecular flexibility index (Phi) is 8.04. The average Bonchev–Trinajstić information content (AvgIpc) is 2.15. The van der Waals surface area contributed by atoms with Gasteiger partial charge in [-0.1, -0.05) is 13.8 Å². The summed E-state index contributed by atoms with van der Waals surface area (Å²) in [6, 6.07) is -0.0413. The van der Waals surface area contributed by atoms with Crippen LogP contribution in [0.4, 0.5) is 4.79 Å². The second kappa shape index (κ2) is 8.49. The third-order valence-corrected chi connectivity index (χ3v) is 1.71. The highest BCUT2D eigenvalue weighted by atomic mass is 16.5. The third kappa shape index (κ3) is 9.49. The van der Waals surface area contributed by atoms with E-state index in [4.69, 9.17) is 15.2 Å². The molecule has 0 bridgehead atoms. The van der Waals surface area contributed by atoms with E-state index in [1.807, 2.05) is 13.8 Å². The van der Waals surface area contributed by atoms with E-state index in [0.29, 0.717) is 32.1 Å². The molecule has 0 aliphatic heterocycles. The summed E-state index contributed by atoms with van der Waals surface area (Å²) in [7, 11) is 1.60. The fraction of sp³-hybridized carbons (Fsp3) is 0.900. The number of carbonyl (C=O) groups excluding carboxylic acids is 1. The van der Waals surface area contributed by atoms with Gasteiger partial charge in [0.25, 0.3) is 0 Å². The van der Waals surface area contributed by atoms with Gasteiger partial charge < -0.3 is 20.5 Å². The van der Waals surface area contributed by atoms with Gasteiger partial charge in [0.1, 0.15) is 0 Å². The van der Waals surface area contributed by atoms with E-state index in [1.165, 1.54) is 0 Å². The molecule has 0 heterocycles. The zero-order chi connectivity index (χ0) is 11.7. The Morgan fingerprint density at radius 2 is 2.07 bits per heavy atom. The topological polar surface area (TPSA) is 73.6 Å².